The Morgan fingerprint density at radius 2 is 1.00 bits per heavy atom. The number of phenolic OH excluding ortho intramolecular Hbond substituents is 2. The molecule has 0 aliphatic heterocycles. The first-order valence-corrected chi connectivity index (χ1v) is 12.1. The molecule has 0 unspecified atom stereocenters. The third-order valence-corrected chi connectivity index (χ3v) is 7.30. The molecular weight excluding hydrogens is 439 g/mol. The minimum absolute atomic E-state index is 0.159. The molecule has 6 nitrogen and oxygen atoms in total. The fourth-order valence-electron chi connectivity index (χ4n) is 3.60. The molecule has 0 atom stereocenters. The lowest BCUT2D eigenvalue weighted by Gasteiger charge is -2.24. The number of aryl methyl sites for hydroxylation is 4. The molecule has 0 aromatic heterocycles. The third-order valence-electron chi connectivity index (χ3n) is 6.05. The Kier molecular flexibility index (Phi) is 6.71. The van der Waals surface area contributed by atoms with Gasteiger partial charge in [0.05, 0.1) is 0 Å². The Labute approximate surface area is 195 Å². The van der Waals surface area contributed by atoms with Gasteiger partial charge in [-0.25, -0.2) is 0 Å². The molecule has 0 bridgehead atoms. The fraction of sp³-hybridized carbons (Fsp3) is 0.308. The number of aromatic hydroxyl groups is 2. The van der Waals surface area contributed by atoms with Crippen molar-refractivity contribution in [2.75, 3.05) is 0 Å². The Bertz CT molecular complexity index is 1190. The van der Waals surface area contributed by atoms with E-state index in [4.69, 9.17) is 13.6 Å². The van der Waals surface area contributed by atoms with Crippen molar-refractivity contribution in [1.82, 2.24) is 0 Å². The molecule has 0 saturated heterocycles. The summed E-state index contributed by atoms with van der Waals surface area (Å²) in [5.41, 5.74) is 5.23. The van der Waals surface area contributed by atoms with E-state index in [1.807, 2.05) is 32.0 Å². The zero-order chi connectivity index (χ0) is 24.7. The van der Waals surface area contributed by atoms with Crippen LogP contribution in [0, 0.1) is 55.4 Å². The first-order valence-electron chi connectivity index (χ1n) is 10.7. The van der Waals surface area contributed by atoms with Gasteiger partial charge >= 0.3 is 7.82 Å². The van der Waals surface area contributed by atoms with Crippen molar-refractivity contribution in [3.8, 4) is 28.7 Å². The zero-order valence-electron chi connectivity index (χ0n) is 20.4. The van der Waals surface area contributed by atoms with Gasteiger partial charge in [-0.3, -0.25) is 0 Å². The molecule has 0 saturated carbocycles. The van der Waals surface area contributed by atoms with E-state index in [9.17, 15) is 14.8 Å². The maximum atomic E-state index is 14.2. The van der Waals surface area contributed by atoms with Gasteiger partial charge in [0.2, 0.25) is 0 Å². The van der Waals surface area contributed by atoms with Gasteiger partial charge in [-0.2, -0.15) is 4.57 Å². The Hall–Kier alpha value is -3.11. The second kappa shape index (κ2) is 9.03. The van der Waals surface area contributed by atoms with Crippen molar-refractivity contribution in [2.45, 2.75) is 55.4 Å². The van der Waals surface area contributed by atoms with Gasteiger partial charge in [0, 0.05) is 0 Å². The first-order chi connectivity index (χ1) is 15.3. The second-order valence-corrected chi connectivity index (χ2v) is 9.96. The van der Waals surface area contributed by atoms with Crippen LogP contribution >= 0.6 is 7.82 Å². The molecule has 3 rings (SSSR count). The van der Waals surface area contributed by atoms with E-state index in [1.165, 1.54) is 0 Å². The first kappa shape index (κ1) is 24.5. The summed E-state index contributed by atoms with van der Waals surface area (Å²) in [6, 6.07) is 8.82. The molecule has 0 heterocycles. The molecule has 2 N–H and O–H groups in total. The zero-order valence-corrected chi connectivity index (χ0v) is 21.3. The number of phosphoric ester groups is 1. The Morgan fingerprint density at radius 1 is 0.606 bits per heavy atom. The van der Waals surface area contributed by atoms with Gasteiger partial charge in [0.1, 0.15) is 28.7 Å². The smallest absolute Gasteiger partial charge is 0.507 e. The van der Waals surface area contributed by atoms with Crippen LogP contribution in [0.25, 0.3) is 0 Å². The van der Waals surface area contributed by atoms with Gasteiger partial charge in [-0.1, -0.05) is 18.2 Å². The Balaban J connectivity index is 2.15. The second-order valence-electron chi connectivity index (χ2n) is 8.52. The maximum Gasteiger partial charge on any atom is 0.647 e. The number of rotatable bonds is 6. The number of phosphoric acid groups is 1. The van der Waals surface area contributed by atoms with Crippen molar-refractivity contribution in [3.05, 3.63) is 74.8 Å². The summed E-state index contributed by atoms with van der Waals surface area (Å²) in [7, 11) is -4.27. The molecule has 0 fully saturated rings. The van der Waals surface area contributed by atoms with E-state index in [0.29, 0.717) is 50.6 Å². The molecular formula is C26H31O6P. The largest absolute Gasteiger partial charge is 0.647 e. The van der Waals surface area contributed by atoms with Crippen molar-refractivity contribution >= 4 is 7.82 Å². The average Bonchev–Trinajstić information content (AvgIpc) is 2.75. The van der Waals surface area contributed by atoms with E-state index >= 15 is 0 Å². The third kappa shape index (κ3) is 4.81. The summed E-state index contributed by atoms with van der Waals surface area (Å²) in [4.78, 5) is 0. The van der Waals surface area contributed by atoms with E-state index in [1.54, 1.807) is 53.7 Å². The summed E-state index contributed by atoms with van der Waals surface area (Å²) >= 11 is 0. The Morgan fingerprint density at radius 3 is 1.39 bits per heavy atom. The molecule has 33 heavy (non-hydrogen) atoms. The highest BCUT2D eigenvalue weighted by atomic mass is 31.2. The molecule has 0 aliphatic rings. The summed E-state index contributed by atoms with van der Waals surface area (Å²) in [6.07, 6.45) is 0. The highest BCUT2D eigenvalue weighted by Gasteiger charge is 2.36. The van der Waals surface area contributed by atoms with E-state index < -0.39 is 7.82 Å². The number of phenols is 2. The van der Waals surface area contributed by atoms with Gasteiger partial charge in [0.15, 0.2) is 0 Å². The minimum Gasteiger partial charge on any atom is -0.507 e. The molecule has 0 spiro atoms. The predicted octanol–water partition coefficient (Wildman–Crippen LogP) is 7.21. The van der Waals surface area contributed by atoms with Gasteiger partial charge < -0.3 is 23.8 Å². The molecule has 3 aromatic rings. The summed E-state index contributed by atoms with van der Waals surface area (Å²) < 4.78 is 32.1. The quantitative estimate of drug-likeness (QED) is 0.370. The standard InChI is InChI=1S/C26H31O6P/c1-14-10-9-11-15(2)26(14)32-33(29,30-22-12-16(3)24(27)20(7)18(22)5)31-23-13-17(4)25(28)21(8)19(23)6/h9-13,27-28H,1-8H3. The van der Waals surface area contributed by atoms with Crippen LogP contribution < -0.4 is 13.6 Å². The van der Waals surface area contributed by atoms with Crippen molar-refractivity contribution in [3.63, 3.8) is 0 Å². The molecule has 0 aliphatic carbocycles. The number of hydrogen-bond donors (Lipinski definition) is 2. The molecule has 0 amide bonds. The summed E-state index contributed by atoms with van der Waals surface area (Å²) in [6.45, 7) is 14.3. The van der Waals surface area contributed by atoms with Crippen LogP contribution in [-0.2, 0) is 4.57 Å². The molecule has 3 aromatic carbocycles. The van der Waals surface area contributed by atoms with Crippen molar-refractivity contribution < 1.29 is 28.3 Å². The van der Waals surface area contributed by atoms with Crippen molar-refractivity contribution in [1.29, 1.82) is 0 Å². The van der Waals surface area contributed by atoms with Crippen LogP contribution in [-0.4, -0.2) is 10.2 Å². The van der Waals surface area contributed by atoms with Gasteiger partial charge in [-0.15, -0.1) is 0 Å². The maximum absolute atomic E-state index is 14.2. The highest BCUT2D eigenvalue weighted by Crippen LogP contribution is 2.53. The SMILES string of the molecule is Cc1cc(OP(=O)(Oc2cc(C)c(O)c(C)c2C)Oc2c(C)cccc2C)c(C)c(C)c1O. The average molecular weight is 471 g/mol. The van der Waals surface area contributed by atoms with Crippen LogP contribution in [0.15, 0.2) is 30.3 Å². The number of benzene rings is 3. The molecule has 0 radical (unpaired) electrons. The lowest BCUT2D eigenvalue weighted by Crippen LogP contribution is -2.11. The van der Waals surface area contributed by atoms with Gasteiger partial charge in [-0.05, 0) is 112 Å². The minimum atomic E-state index is -4.27. The molecule has 7 heteroatoms. The van der Waals surface area contributed by atoms with Gasteiger partial charge in [0.25, 0.3) is 0 Å². The normalized spacial score (nSPS) is 11.4. The summed E-state index contributed by atoms with van der Waals surface area (Å²) in [5, 5.41) is 20.5. The van der Waals surface area contributed by atoms with Crippen LogP contribution in [0.2, 0.25) is 0 Å². The predicted molar refractivity (Wildman–Crippen MR) is 130 cm³/mol. The van der Waals surface area contributed by atoms with E-state index in [-0.39, 0.29) is 11.5 Å². The van der Waals surface area contributed by atoms with Crippen LogP contribution in [0.4, 0.5) is 0 Å². The van der Waals surface area contributed by atoms with Crippen molar-refractivity contribution in [2.24, 2.45) is 0 Å². The lowest BCUT2D eigenvalue weighted by molar-refractivity contribution is 0.295. The summed E-state index contributed by atoms with van der Waals surface area (Å²) in [5.74, 6) is 1.32. The monoisotopic (exact) mass is 470 g/mol. The number of para-hydroxylation sites is 1. The van der Waals surface area contributed by atoms with E-state index in [2.05, 4.69) is 0 Å². The topological polar surface area (TPSA) is 85.2 Å². The number of hydrogen-bond acceptors (Lipinski definition) is 6. The van der Waals surface area contributed by atoms with E-state index in [0.717, 1.165) is 11.1 Å². The van der Waals surface area contributed by atoms with Crippen LogP contribution in [0.1, 0.15) is 44.5 Å². The fourth-order valence-corrected chi connectivity index (χ4v) is 5.09. The van der Waals surface area contributed by atoms with Crippen LogP contribution in [0.3, 0.4) is 0 Å². The highest BCUT2D eigenvalue weighted by molar-refractivity contribution is 7.49. The van der Waals surface area contributed by atoms with Crippen LogP contribution in [0.5, 0.6) is 28.7 Å². The molecule has 176 valence electrons. The lowest BCUT2D eigenvalue weighted by atomic mass is 10.0.